The summed E-state index contributed by atoms with van der Waals surface area (Å²) in [5.41, 5.74) is 1.89. The van der Waals surface area contributed by atoms with Crippen molar-refractivity contribution in [1.29, 1.82) is 0 Å². The summed E-state index contributed by atoms with van der Waals surface area (Å²) in [4.78, 5) is 13.9. The lowest BCUT2D eigenvalue weighted by Gasteiger charge is -2.18. The monoisotopic (exact) mass is 484 g/mol. The van der Waals surface area contributed by atoms with Crippen LogP contribution in [0.1, 0.15) is 22.3 Å². The second-order valence-corrected chi connectivity index (χ2v) is 9.28. The molecule has 1 atom stereocenters. The van der Waals surface area contributed by atoms with Crippen LogP contribution in [0.2, 0.25) is 5.02 Å². The van der Waals surface area contributed by atoms with Crippen molar-refractivity contribution in [1.82, 2.24) is 20.1 Å². The predicted molar refractivity (Wildman–Crippen MR) is 129 cm³/mol. The summed E-state index contributed by atoms with van der Waals surface area (Å²) in [5, 5.41) is 14.9. The van der Waals surface area contributed by atoms with Crippen LogP contribution >= 0.6 is 34.7 Å². The maximum atomic E-state index is 12.9. The van der Waals surface area contributed by atoms with Crippen LogP contribution in [0.25, 0.3) is 5.69 Å². The number of aryl methyl sites for hydroxylation is 1. The van der Waals surface area contributed by atoms with Crippen LogP contribution in [0.5, 0.6) is 5.75 Å². The molecule has 164 valence electrons. The van der Waals surface area contributed by atoms with E-state index in [9.17, 15) is 4.79 Å². The van der Waals surface area contributed by atoms with Crippen LogP contribution in [0, 0.1) is 6.92 Å². The molecule has 6 nitrogen and oxygen atoms in total. The molecule has 1 amide bonds. The number of hydrogen-bond acceptors (Lipinski definition) is 6. The van der Waals surface area contributed by atoms with Gasteiger partial charge in [-0.05, 0) is 60.3 Å². The van der Waals surface area contributed by atoms with E-state index in [0.29, 0.717) is 10.2 Å². The van der Waals surface area contributed by atoms with Gasteiger partial charge in [0.15, 0.2) is 5.16 Å². The van der Waals surface area contributed by atoms with E-state index < -0.39 is 0 Å². The minimum Gasteiger partial charge on any atom is -0.497 e. The van der Waals surface area contributed by atoms with Crippen LogP contribution in [-0.4, -0.2) is 33.5 Å². The Morgan fingerprint density at radius 2 is 1.91 bits per heavy atom. The van der Waals surface area contributed by atoms with Crippen molar-refractivity contribution in [3.63, 3.8) is 0 Å². The molecule has 0 spiro atoms. The fourth-order valence-corrected chi connectivity index (χ4v) is 4.96. The van der Waals surface area contributed by atoms with Crippen molar-refractivity contribution >= 4 is 40.6 Å². The van der Waals surface area contributed by atoms with E-state index in [1.165, 1.54) is 11.8 Å². The van der Waals surface area contributed by atoms with Crippen molar-refractivity contribution in [2.45, 2.75) is 18.1 Å². The third kappa shape index (κ3) is 5.15. The van der Waals surface area contributed by atoms with Gasteiger partial charge in [-0.3, -0.25) is 9.36 Å². The number of thiophene rings is 1. The minimum absolute atomic E-state index is 0.0923. The van der Waals surface area contributed by atoms with Crippen LogP contribution in [0.3, 0.4) is 0 Å². The number of nitrogens with one attached hydrogen (secondary N) is 1. The maximum absolute atomic E-state index is 12.9. The number of rotatable bonds is 8. The zero-order valence-electron chi connectivity index (χ0n) is 17.5. The molecule has 2 heterocycles. The van der Waals surface area contributed by atoms with E-state index in [-0.39, 0.29) is 17.7 Å². The highest BCUT2D eigenvalue weighted by Crippen LogP contribution is 2.28. The molecule has 0 bridgehead atoms. The number of amides is 1. The Kier molecular flexibility index (Phi) is 7.14. The molecule has 1 unspecified atom stereocenters. The molecule has 0 aliphatic heterocycles. The number of thioether (sulfide) groups is 1. The molecule has 2 aromatic heterocycles. The van der Waals surface area contributed by atoms with Gasteiger partial charge in [0, 0.05) is 15.6 Å². The van der Waals surface area contributed by atoms with E-state index in [2.05, 4.69) is 15.5 Å². The third-order valence-electron chi connectivity index (χ3n) is 4.79. The predicted octanol–water partition coefficient (Wildman–Crippen LogP) is 5.30. The van der Waals surface area contributed by atoms with Gasteiger partial charge in [-0.15, -0.1) is 21.5 Å². The van der Waals surface area contributed by atoms with Crippen LogP contribution < -0.4 is 10.1 Å². The van der Waals surface area contributed by atoms with Gasteiger partial charge < -0.3 is 10.1 Å². The molecule has 0 saturated carbocycles. The standard InChI is InChI=1S/C23H21ClN4O2S2/c1-15-26-27-23(28(15)18-9-11-19(30-2)12-10-18)32-14-21(29)25-22(20-4-3-13-31-20)16-5-7-17(24)8-6-16/h3-13,22H,14H2,1-2H3,(H,25,29). The topological polar surface area (TPSA) is 69.0 Å². The van der Waals surface area contributed by atoms with E-state index in [4.69, 9.17) is 16.3 Å². The summed E-state index contributed by atoms with van der Waals surface area (Å²) < 4.78 is 7.16. The molecule has 0 saturated heterocycles. The number of nitrogens with zero attached hydrogens (tertiary/aromatic N) is 3. The third-order valence-corrected chi connectivity index (χ3v) is 6.91. The summed E-state index contributed by atoms with van der Waals surface area (Å²) >= 11 is 8.99. The van der Waals surface area contributed by atoms with E-state index >= 15 is 0 Å². The molecule has 0 aliphatic carbocycles. The van der Waals surface area contributed by atoms with Crippen molar-refractivity contribution in [2.75, 3.05) is 12.9 Å². The summed E-state index contributed by atoms with van der Waals surface area (Å²) in [6.07, 6.45) is 0. The Balaban J connectivity index is 1.48. The molecular formula is C23H21ClN4O2S2. The number of benzene rings is 2. The highest BCUT2D eigenvalue weighted by atomic mass is 35.5. The number of carbonyl (C=O) groups excluding carboxylic acids is 1. The second-order valence-electron chi connectivity index (χ2n) is 6.92. The van der Waals surface area contributed by atoms with Crippen molar-refractivity contribution in [3.05, 3.63) is 87.3 Å². The average Bonchev–Trinajstić information content (AvgIpc) is 3.47. The lowest BCUT2D eigenvalue weighted by molar-refractivity contribution is -0.119. The summed E-state index contributed by atoms with van der Waals surface area (Å²) in [6.45, 7) is 1.88. The number of aromatic nitrogens is 3. The quantitative estimate of drug-likeness (QED) is 0.344. The first-order valence-corrected chi connectivity index (χ1v) is 12.1. The Bertz CT molecular complexity index is 1180. The molecule has 0 aliphatic rings. The summed E-state index contributed by atoms with van der Waals surface area (Å²) in [7, 11) is 1.63. The first kappa shape index (κ1) is 22.4. The van der Waals surface area contributed by atoms with Crippen molar-refractivity contribution in [2.24, 2.45) is 0 Å². The van der Waals surface area contributed by atoms with Gasteiger partial charge in [-0.25, -0.2) is 0 Å². The van der Waals surface area contributed by atoms with Gasteiger partial charge in [-0.2, -0.15) is 0 Å². The Hall–Kier alpha value is -2.81. The zero-order valence-corrected chi connectivity index (χ0v) is 19.9. The van der Waals surface area contributed by atoms with Gasteiger partial charge in [-0.1, -0.05) is 41.6 Å². The van der Waals surface area contributed by atoms with Gasteiger partial charge in [0.05, 0.1) is 18.9 Å². The highest BCUT2D eigenvalue weighted by Gasteiger charge is 2.19. The number of methoxy groups -OCH3 is 1. The molecule has 9 heteroatoms. The second kappa shape index (κ2) is 10.2. The molecule has 32 heavy (non-hydrogen) atoms. The molecule has 1 N–H and O–H groups in total. The smallest absolute Gasteiger partial charge is 0.231 e. The first-order chi connectivity index (χ1) is 15.5. The van der Waals surface area contributed by atoms with Gasteiger partial charge >= 0.3 is 0 Å². The van der Waals surface area contributed by atoms with E-state index in [1.807, 2.05) is 77.5 Å². The van der Waals surface area contributed by atoms with Crippen molar-refractivity contribution < 1.29 is 9.53 Å². The van der Waals surface area contributed by atoms with Crippen LogP contribution in [0.4, 0.5) is 0 Å². The van der Waals surface area contributed by atoms with Gasteiger partial charge in [0.1, 0.15) is 11.6 Å². The Labute approximate surface area is 199 Å². The summed E-state index contributed by atoms with van der Waals surface area (Å²) in [5.74, 6) is 1.64. The van der Waals surface area contributed by atoms with Gasteiger partial charge in [0.2, 0.25) is 5.91 Å². The number of halogens is 1. The first-order valence-electron chi connectivity index (χ1n) is 9.82. The van der Waals surface area contributed by atoms with E-state index in [0.717, 1.165) is 27.7 Å². The molecule has 0 fully saturated rings. The lowest BCUT2D eigenvalue weighted by atomic mass is 10.1. The number of carbonyl (C=O) groups is 1. The fraction of sp³-hybridized carbons (Fsp3) is 0.174. The summed E-state index contributed by atoms with van der Waals surface area (Å²) in [6, 6.07) is 18.9. The molecule has 0 radical (unpaired) electrons. The van der Waals surface area contributed by atoms with Crippen molar-refractivity contribution in [3.8, 4) is 11.4 Å². The highest BCUT2D eigenvalue weighted by molar-refractivity contribution is 7.99. The van der Waals surface area contributed by atoms with Crippen LogP contribution in [-0.2, 0) is 4.79 Å². The Morgan fingerprint density at radius 1 is 1.16 bits per heavy atom. The molecule has 2 aromatic carbocycles. The molecule has 4 rings (SSSR count). The maximum Gasteiger partial charge on any atom is 0.231 e. The average molecular weight is 485 g/mol. The van der Waals surface area contributed by atoms with E-state index in [1.54, 1.807) is 18.4 Å². The van der Waals surface area contributed by atoms with Gasteiger partial charge in [0.25, 0.3) is 0 Å². The molecule has 4 aromatic rings. The number of ether oxygens (including phenoxy) is 1. The fourth-order valence-electron chi connectivity index (χ4n) is 3.23. The Morgan fingerprint density at radius 3 is 2.56 bits per heavy atom. The minimum atomic E-state index is -0.235. The van der Waals surface area contributed by atoms with Crippen LogP contribution in [0.15, 0.2) is 71.2 Å². The SMILES string of the molecule is COc1ccc(-n2c(C)nnc2SCC(=O)NC(c2ccc(Cl)cc2)c2cccs2)cc1. The number of hydrogen-bond donors (Lipinski definition) is 1. The normalized spacial score (nSPS) is 11.8. The molecular weight excluding hydrogens is 464 g/mol. The lowest BCUT2D eigenvalue weighted by Crippen LogP contribution is -2.30. The zero-order chi connectivity index (χ0) is 22.5. The largest absolute Gasteiger partial charge is 0.497 e.